The number of hydrogen-bond acceptors (Lipinski definition) is 4. The highest BCUT2D eigenvalue weighted by Crippen LogP contribution is 2.20. The molecule has 0 atom stereocenters. The van der Waals surface area contributed by atoms with E-state index in [1.54, 1.807) is 0 Å². The zero-order valence-corrected chi connectivity index (χ0v) is 12.3. The van der Waals surface area contributed by atoms with Crippen molar-refractivity contribution in [1.82, 2.24) is 19.9 Å². The van der Waals surface area contributed by atoms with Gasteiger partial charge in [-0.25, -0.2) is 4.52 Å². The van der Waals surface area contributed by atoms with Crippen molar-refractivity contribution >= 4 is 11.6 Å². The molecule has 0 aliphatic carbocycles. The molecule has 2 aromatic rings. The van der Waals surface area contributed by atoms with E-state index in [1.807, 2.05) is 28.9 Å². The van der Waals surface area contributed by atoms with Crippen molar-refractivity contribution in [3.63, 3.8) is 0 Å². The first-order chi connectivity index (χ1) is 9.74. The van der Waals surface area contributed by atoms with Crippen LogP contribution in [0.2, 0.25) is 0 Å². The zero-order chi connectivity index (χ0) is 13.9. The lowest BCUT2D eigenvalue weighted by molar-refractivity contribution is 0.366. The molecular weight excluding hydrogens is 250 g/mol. The molecule has 1 aliphatic heterocycles. The molecule has 20 heavy (non-hydrogen) atoms. The minimum absolute atomic E-state index is 0.419. The van der Waals surface area contributed by atoms with Gasteiger partial charge in [-0.1, -0.05) is 6.07 Å². The van der Waals surface area contributed by atoms with Crippen LogP contribution < -0.4 is 10.2 Å². The zero-order valence-electron chi connectivity index (χ0n) is 12.3. The van der Waals surface area contributed by atoms with Gasteiger partial charge < -0.3 is 10.2 Å². The largest absolute Gasteiger partial charge is 0.337 e. The molecule has 3 rings (SSSR count). The van der Waals surface area contributed by atoms with E-state index in [2.05, 4.69) is 34.1 Å². The number of fused-ring (bicyclic) bond motifs is 1. The summed E-state index contributed by atoms with van der Waals surface area (Å²) in [5.74, 6) is 1.59. The number of rotatable bonds is 4. The van der Waals surface area contributed by atoms with E-state index < -0.39 is 0 Å². The molecule has 0 amide bonds. The van der Waals surface area contributed by atoms with Crippen molar-refractivity contribution in [1.29, 1.82) is 0 Å². The van der Waals surface area contributed by atoms with E-state index in [1.165, 1.54) is 12.8 Å². The Morgan fingerprint density at radius 1 is 1.35 bits per heavy atom. The lowest BCUT2D eigenvalue weighted by Gasteiger charge is -2.32. The Hall–Kier alpha value is -1.62. The predicted molar refractivity (Wildman–Crippen MR) is 81.1 cm³/mol. The van der Waals surface area contributed by atoms with Crippen molar-refractivity contribution in [3.05, 3.63) is 24.4 Å². The molecule has 0 spiro atoms. The summed E-state index contributed by atoms with van der Waals surface area (Å²) in [5, 5.41) is 8.04. The maximum Gasteiger partial charge on any atom is 0.245 e. The minimum Gasteiger partial charge on any atom is -0.337 e. The Morgan fingerprint density at radius 3 is 2.85 bits per heavy atom. The fourth-order valence-corrected chi connectivity index (χ4v) is 2.81. The molecule has 0 radical (unpaired) electrons. The van der Waals surface area contributed by atoms with Crippen LogP contribution in [0.4, 0.5) is 5.95 Å². The molecule has 1 aliphatic rings. The SMILES string of the molecule is CC(C)N(CC1CCNCC1)c1nc2ccccn2n1. The number of aromatic nitrogens is 3. The standard InChI is InChI=1S/C15H23N5/c1-12(2)19(11-13-6-8-16-9-7-13)15-17-14-5-3-4-10-20(14)18-15/h3-5,10,12-13,16H,6-9,11H2,1-2H3. The second-order valence-corrected chi connectivity index (χ2v) is 5.85. The van der Waals surface area contributed by atoms with Gasteiger partial charge in [0.15, 0.2) is 5.65 Å². The van der Waals surface area contributed by atoms with Gasteiger partial charge in [-0.15, -0.1) is 5.10 Å². The third-order valence-corrected chi connectivity index (χ3v) is 4.02. The number of anilines is 1. The Balaban J connectivity index is 1.81. The smallest absolute Gasteiger partial charge is 0.245 e. The minimum atomic E-state index is 0.419. The van der Waals surface area contributed by atoms with Crippen molar-refractivity contribution in [2.75, 3.05) is 24.5 Å². The van der Waals surface area contributed by atoms with Gasteiger partial charge in [0.05, 0.1) is 0 Å². The van der Waals surface area contributed by atoms with Crippen LogP contribution in [0.15, 0.2) is 24.4 Å². The maximum atomic E-state index is 4.66. The van der Waals surface area contributed by atoms with Crippen LogP contribution in [0.3, 0.4) is 0 Å². The van der Waals surface area contributed by atoms with Gasteiger partial charge in [0.2, 0.25) is 5.95 Å². The van der Waals surface area contributed by atoms with Crippen molar-refractivity contribution < 1.29 is 0 Å². The third kappa shape index (κ3) is 2.77. The van der Waals surface area contributed by atoms with E-state index in [0.29, 0.717) is 6.04 Å². The van der Waals surface area contributed by atoms with Crippen molar-refractivity contribution in [2.45, 2.75) is 32.7 Å². The lowest BCUT2D eigenvalue weighted by Crippen LogP contribution is -2.40. The van der Waals surface area contributed by atoms with Crippen molar-refractivity contribution in [3.8, 4) is 0 Å². The van der Waals surface area contributed by atoms with Crippen LogP contribution in [0, 0.1) is 5.92 Å². The normalized spacial score (nSPS) is 16.9. The van der Waals surface area contributed by atoms with Gasteiger partial charge in [0, 0.05) is 18.8 Å². The summed E-state index contributed by atoms with van der Waals surface area (Å²) in [6.07, 6.45) is 4.45. The highest BCUT2D eigenvalue weighted by Gasteiger charge is 2.22. The molecule has 5 heteroatoms. The Morgan fingerprint density at radius 2 is 2.15 bits per heavy atom. The average molecular weight is 273 g/mol. The molecule has 3 heterocycles. The second kappa shape index (κ2) is 5.79. The third-order valence-electron chi connectivity index (χ3n) is 4.02. The number of nitrogens with one attached hydrogen (secondary N) is 1. The summed E-state index contributed by atoms with van der Waals surface area (Å²) in [5.41, 5.74) is 0.915. The summed E-state index contributed by atoms with van der Waals surface area (Å²) in [6.45, 7) is 7.75. The Kier molecular flexibility index (Phi) is 3.87. The molecule has 0 saturated carbocycles. The molecule has 0 aromatic carbocycles. The highest BCUT2D eigenvalue weighted by atomic mass is 15.4. The van der Waals surface area contributed by atoms with E-state index in [9.17, 15) is 0 Å². The molecule has 0 bridgehead atoms. The van der Waals surface area contributed by atoms with Crippen LogP contribution in [0.25, 0.3) is 5.65 Å². The molecule has 108 valence electrons. The van der Waals surface area contributed by atoms with Crippen LogP contribution in [-0.2, 0) is 0 Å². The monoisotopic (exact) mass is 273 g/mol. The summed E-state index contributed by atoms with van der Waals surface area (Å²) in [4.78, 5) is 7.00. The van der Waals surface area contributed by atoms with E-state index in [-0.39, 0.29) is 0 Å². The maximum absolute atomic E-state index is 4.66. The fourth-order valence-electron chi connectivity index (χ4n) is 2.81. The molecular formula is C15H23N5. The highest BCUT2D eigenvalue weighted by molar-refractivity contribution is 5.44. The van der Waals surface area contributed by atoms with E-state index >= 15 is 0 Å². The first-order valence-electron chi connectivity index (χ1n) is 7.53. The Bertz CT molecular complexity index is 523. The van der Waals surface area contributed by atoms with Crippen LogP contribution in [-0.4, -0.2) is 40.3 Å². The predicted octanol–water partition coefficient (Wildman–Crippen LogP) is 1.94. The molecule has 2 aromatic heterocycles. The topological polar surface area (TPSA) is 45.5 Å². The fraction of sp³-hybridized carbons (Fsp3) is 0.600. The van der Waals surface area contributed by atoms with Gasteiger partial charge in [-0.3, -0.25) is 0 Å². The summed E-state index contributed by atoms with van der Waals surface area (Å²) < 4.78 is 1.85. The Labute approximate surface area is 120 Å². The van der Waals surface area contributed by atoms with Crippen LogP contribution >= 0.6 is 0 Å². The molecule has 1 N–H and O–H groups in total. The summed E-state index contributed by atoms with van der Waals surface area (Å²) >= 11 is 0. The van der Waals surface area contributed by atoms with Gasteiger partial charge in [0.25, 0.3) is 0 Å². The van der Waals surface area contributed by atoms with Crippen LogP contribution in [0.5, 0.6) is 0 Å². The first-order valence-corrected chi connectivity index (χ1v) is 7.53. The molecule has 1 saturated heterocycles. The van der Waals surface area contributed by atoms with Crippen LogP contribution in [0.1, 0.15) is 26.7 Å². The second-order valence-electron chi connectivity index (χ2n) is 5.85. The summed E-state index contributed by atoms with van der Waals surface area (Å²) in [7, 11) is 0. The number of pyridine rings is 1. The molecule has 1 fully saturated rings. The van der Waals surface area contributed by atoms with Gasteiger partial charge in [0.1, 0.15) is 0 Å². The van der Waals surface area contributed by atoms with Gasteiger partial charge in [-0.2, -0.15) is 4.98 Å². The molecule has 0 unspecified atom stereocenters. The first kappa shape index (κ1) is 13.4. The quantitative estimate of drug-likeness (QED) is 0.925. The van der Waals surface area contributed by atoms with Gasteiger partial charge in [-0.05, 0) is 57.8 Å². The lowest BCUT2D eigenvalue weighted by atomic mass is 9.97. The van der Waals surface area contributed by atoms with Crippen molar-refractivity contribution in [2.24, 2.45) is 5.92 Å². The van der Waals surface area contributed by atoms with E-state index in [0.717, 1.165) is 37.1 Å². The average Bonchev–Trinajstić information content (AvgIpc) is 2.89. The summed E-state index contributed by atoms with van der Waals surface area (Å²) in [6, 6.07) is 6.40. The molecule has 5 nitrogen and oxygen atoms in total. The van der Waals surface area contributed by atoms with Gasteiger partial charge >= 0.3 is 0 Å². The number of piperidine rings is 1. The van der Waals surface area contributed by atoms with E-state index in [4.69, 9.17) is 0 Å². The number of nitrogens with zero attached hydrogens (tertiary/aromatic N) is 4. The number of hydrogen-bond donors (Lipinski definition) is 1.